The van der Waals surface area contributed by atoms with Crippen molar-refractivity contribution in [3.63, 3.8) is 0 Å². The standard InChI is InChI=1S/C11H16BrNO3/c1-3-15-10-5-8(6-13)4-9(12)11(10)16-7-14-2/h4-5H,3,6-7,13H2,1-2H3. The Balaban J connectivity index is 3.01. The van der Waals surface area contributed by atoms with E-state index in [1.54, 1.807) is 7.11 Å². The summed E-state index contributed by atoms with van der Waals surface area (Å²) >= 11 is 3.42. The van der Waals surface area contributed by atoms with Crippen LogP contribution in [-0.2, 0) is 11.3 Å². The van der Waals surface area contributed by atoms with Crippen LogP contribution in [0.1, 0.15) is 12.5 Å². The highest BCUT2D eigenvalue weighted by Gasteiger charge is 2.11. The fourth-order valence-electron chi connectivity index (χ4n) is 1.26. The predicted octanol–water partition coefficient (Wildman–Crippen LogP) is 2.29. The molecule has 4 nitrogen and oxygen atoms in total. The summed E-state index contributed by atoms with van der Waals surface area (Å²) < 4.78 is 16.6. The lowest BCUT2D eigenvalue weighted by Gasteiger charge is -2.14. The molecule has 16 heavy (non-hydrogen) atoms. The summed E-state index contributed by atoms with van der Waals surface area (Å²) in [6.45, 7) is 3.14. The highest BCUT2D eigenvalue weighted by atomic mass is 79.9. The minimum atomic E-state index is 0.181. The van der Waals surface area contributed by atoms with Gasteiger partial charge in [-0.25, -0.2) is 0 Å². The molecular formula is C11H16BrNO3. The first-order valence-electron chi connectivity index (χ1n) is 5.00. The van der Waals surface area contributed by atoms with Gasteiger partial charge in [-0.3, -0.25) is 0 Å². The highest BCUT2D eigenvalue weighted by molar-refractivity contribution is 9.10. The van der Waals surface area contributed by atoms with E-state index in [-0.39, 0.29) is 6.79 Å². The van der Waals surface area contributed by atoms with Crippen LogP contribution in [0.2, 0.25) is 0 Å². The van der Waals surface area contributed by atoms with Gasteiger partial charge in [-0.2, -0.15) is 0 Å². The van der Waals surface area contributed by atoms with Gasteiger partial charge in [0.2, 0.25) is 0 Å². The van der Waals surface area contributed by atoms with Crippen LogP contribution in [0.3, 0.4) is 0 Å². The molecule has 0 saturated carbocycles. The lowest BCUT2D eigenvalue weighted by Crippen LogP contribution is -2.05. The quantitative estimate of drug-likeness (QED) is 0.817. The van der Waals surface area contributed by atoms with Gasteiger partial charge in [0.15, 0.2) is 18.3 Å². The minimum Gasteiger partial charge on any atom is -0.490 e. The van der Waals surface area contributed by atoms with E-state index in [0.717, 1.165) is 10.0 Å². The third kappa shape index (κ3) is 3.37. The maximum absolute atomic E-state index is 5.59. The Labute approximate surface area is 104 Å². The second kappa shape index (κ2) is 6.73. The van der Waals surface area contributed by atoms with Gasteiger partial charge < -0.3 is 19.9 Å². The minimum absolute atomic E-state index is 0.181. The summed E-state index contributed by atoms with van der Waals surface area (Å²) in [4.78, 5) is 0. The number of methoxy groups -OCH3 is 1. The smallest absolute Gasteiger partial charge is 0.188 e. The third-order valence-corrected chi connectivity index (χ3v) is 2.52. The summed E-state index contributed by atoms with van der Waals surface area (Å²) in [7, 11) is 1.57. The van der Waals surface area contributed by atoms with E-state index in [0.29, 0.717) is 24.7 Å². The fourth-order valence-corrected chi connectivity index (χ4v) is 1.86. The van der Waals surface area contributed by atoms with E-state index in [4.69, 9.17) is 19.9 Å². The molecule has 0 heterocycles. The molecule has 0 aliphatic heterocycles. The van der Waals surface area contributed by atoms with Crippen LogP contribution >= 0.6 is 15.9 Å². The van der Waals surface area contributed by atoms with E-state index < -0.39 is 0 Å². The molecule has 2 N–H and O–H groups in total. The average molecular weight is 290 g/mol. The molecule has 5 heteroatoms. The number of nitrogens with two attached hydrogens (primary N) is 1. The summed E-state index contributed by atoms with van der Waals surface area (Å²) in [5.41, 5.74) is 6.58. The number of ether oxygens (including phenoxy) is 3. The molecule has 0 unspecified atom stereocenters. The first kappa shape index (κ1) is 13.3. The van der Waals surface area contributed by atoms with Crippen molar-refractivity contribution in [3.05, 3.63) is 22.2 Å². The van der Waals surface area contributed by atoms with Gasteiger partial charge in [-0.1, -0.05) is 0 Å². The van der Waals surface area contributed by atoms with Crippen LogP contribution in [0.25, 0.3) is 0 Å². The van der Waals surface area contributed by atoms with E-state index in [9.17, 15) is 0 Å². The Morgan fingerprint density at radius 1 is 1.31 bits per heavy atom. The Morgan fingerprint density at radius 2 is 2.06 bits per heavy atom. The molecule has 0 amide bonds. The van der Waals surface area contributed by atoms with E-state index >= 15 is 0 Å². The molecule has 0 bridgehead atoms. The molecule has 1 aromatic rings. The Morgan fingerprint density at radius 3 is 2.62 bits per heavy atom. The normalized spacial score (nSPS) is 10.2. The van der Waals surface area contributed by atoms with Crippen molar-refractivity contribution >= 4 is 15.9 Å². The van der Waals surface area contributed by atoms with E-state index in [2.05, 4.69) is 15.9 Å². The zero-order chi connectivity index (χ0) is 12.0. The Bertz CT molecular complexity index is 344. The monoisotopic (exact) mass is 289 g/mol. The average Bonchev–Trinajstić information content (AvgIpc) is 2.28. The van der Waals surface area contributed by atoms with E-state index in [1.165, 1.54) is 0 Å². The van der Waals surface area contributed by atoms with Crippen molar-refractivity contribution in [1.82, 2.24) is 0 Å². The van der Waals surface area contributed by atoms with Crippen LogP contribution in [0.4, 0.5) is 0 Å². The van der Waals surface area contributed by atoms with Gasteiger partial charge >= 0.3 is 0 Å². The van der Waals surface area contributed by atoms with Crippen molar-refractivity contribution in [3.8, 4) is 11.5 Å². The molecule has 90 valence electrons. The third-order valence-electron chi connectivity index (χ3n) is 1.93. The van der Waals surface area contributed by atoms with Gasteiger partial charge in [0, 0.05) is 13.7 Å². The maximum atomic E-state index is 5.59. The summed E-state index contributed by atoms with van der Waals surface area (Å²) in [5, 5.41) is 0. The van der Waals surface area contributed by atoms with Crippen LogP contribution in [0.15, 0.2) is 16.6 Å². The molecule has 0 fully saturated rings. The number of hydrogen-bond donors (Lipinski definition) is 1. The van der Waals surface area contributed by atoms with Gasteiger partial charge in [0.25, 0.3) is 0 Å². The van der Waals surface area contributed by atoms with Gasteiger partial charge in [0.05, 0.1) is 11.1 Å². The molecule has 0 atom stereocenters. The van der Waals surface area contributed by atoms with Crippen molar-refractivity contribution < 1.29 is 14.2 Å². The molecule has 0 radical (unpaired) electrons. The summed E-state index contributed by atoms with van der Waals surface area (Å²) in [6.07, 6.45) is 0. The first-order valence-corrected chi connectivity index (χ1v) is 5.79. The van der Waals surface area contributed by atoms with Crippen molar-refractivity contribution in [1.29, 1.82) is 0 Å². The van der Waals surface area contributed by atoms with Crippen LogP contribution in [0.5, 0.6) is 11.5 Å². The molecule has 0 aliphatic rings. The summed E-state index contributed by atoms with van der Waals surface area (Å²) in [6, 6.07) is 3.78. The number of hydrogen-bond acceptors (Lipinski definition) is 4. The maximum Gasteiger partial charge on any atom is 0.188 e. The van der Waals surface area contributed by atoms with Crippen molar-refractivity contribution in [2.45, 2.75) is 13.5 Å². The Kier molecular flexibility index (Phi) is 5.59. The van der Waals surface area contributed by atoms with Gasteiger partial charge in [-0.05, 0) is 40.5 Å². The second-order valence-electron chi connectivity index (χ2n) is 3.09. The first-order chi connectivity index (χ1) is 7.72. The van der Waals surface area contributed by atoms with Gasteiger partial charge in [0.1, 0.15) is 0 Å². The second-order valence-corrected chi connectivity index (χ2v) is 3.95. The largest absolute Gasteiger partial charge is 0.490 e. The van der Waals surface area contributed by atoms with Crippen molar-refractivity contribution in [2.75, 3.05) is 20.5 Å². The fraction of sp³-hybridized carbons (Fsp3) is 0.455. The molecule has 1 rings (SSSR count). The van der Waals surface area contributed by atoms with Crippen LogP contribution < -0.4 is 15.2 Å². The predicted molar refractivity (Wildman–Crippen MR) is 65.7 cm³/mol. The number of benzene rings is 1. The Hall–Kier alpha value is -0.780. The van der Waals surface area contributed by atoms with Crippen LogP contribution in [-0.4, -0.2) is 20.5 Å². The van der Waals surface area contributed by atoms with Crippen LogP contribution in [0, 0.1) is 0 Å². The zero-order valence-electron chi connectivity index (χ0n) is 9.46. The number of rotatable bonds is 6. The molecule has 0 spiro atoms. The SMILES string of the molecule is CCOc1cc(CN)cc(Br)c1OCOC. The van der Waals surface area contributed by atoms with Gasteiger partial charge in [-0.15, -0.1) is 0 Å². The highest BCUT2D eigenvalue weighted by Crippen LogP contribution is 2.36. The molecule has 0 aromatic heterocycles. The molecule has 0 saturated heterocycles. The number of halogens is 1. The topological polar surface area (TPSA) is 53.7 Å². The van der Waals surface area contributed by atoms with E-state index in [1.807, 2.05) is 19.1 Å². The lowest BCUT2D eigenvalue weighted by atomic mass is 10.2. The van der Waals surface area contributed by atoms with Crippen molar-refractivity contribution in [2.24, 2.45) is 5.73 Å². The lowest BCUT2D eigenvalue weighted by molar-refractivity contribution is 0.0481. The molecular weight excluding hydrogens is 274 g/mol. The molecule has 1 aromatic carbocycles. The summed E-state index contributed by atoms with van der Waals surface area (Å²) in [5.74, 6) is 1.32. The zero-order valence-corrected chi connectivity index (χ0v) is 11.0. The molecule has 0 aliphatic carbocycles.